The fraction of sp³-hybridized carbons (Fsp3) is 0.100. The van der Waals surface area contributed by atoms with E-state index in [0.29, 0.717) is 21.4 Å². The lowest BCUT2D eigenvalue weighted by molar-refractivity contribution is -0.123. The highest BCUT2D eigenvalue weighted by atomic mass is 35.5. The number of nitrogens with zero attached hydrogens (tertiary/aromatic N) is 1. The fourth-order valence-electron chi connectivity index (χ4n) is 3.14. The van der Waals surface area contributed by atoms with Crippen LogP contribution in [0.3, 0.4) is 0 Å². The molecular formula is C20H14Cl3N5O3. The smallest absolute Gasteiger partial charge is 0.258 e. The monoisotopic (exact) mass is 477 g/mol. The molecule has 0 saturated heterocycles. The van der Waals surface area contributed by atoms with Crippen molar-refractivity contribution in [3.05, 3.63) is 73.4 Å². The summed E-state index contributed by atoms with van der Waals surface area (Å²) in [5.74, 6) is -1.93. The Morgan fingerprint density at radius 1 is 1.03 bits per heavy atom. The summed E-state index contributed by atoms with van der Waals surface area (Å²) < 4.78 is 0. The summed E-state index contributed by atoms with van der Waals surface area (Å²) in [5, 5.41) is 9.31. The maximum Gasteiger partial charge on any atom is 0.258 e. The molecule has 8 nitrogen and oxygen atoms in total. The Bertz CT molecular complexity index is 1240. The fourth-order valence-corrected chi connectivity index (χ4v) is 3.72. The molecule has 31 heavy (non-hydrogen) atoms. The summed E-state index contributed by atoms with van der Waals surface area (Å²) in [7, 11) is 0. The van der Waals surface area contributed by atoms with E-state index in [1.807, 2.05) is 0 Å². The summed E-state index contributed by atoms with van der Waals surface area (Å²) in [5.41, 5.74) is 0.447. The summed E-state index contributed by atoms with van der Waals surface area (Å²) in [6.45, 7) is 0. The molecule has 3 aromatic rings. The summed E-state index contributed by atoms with van der Waals surface area (Å²) in [6.07, 6.45) is -0.210. The molecule has 4 rings (SSSR count). The van der Waals surface area contributed by atoms with Crippen LogP contribution < -0.4 is 21.5 Å². The number of anilines is 4. The van der Waals surface area contributed by atoms with Gasteiger partial charge in [0.25, 0.3) is 5.56 Å². The van der Waals surface area contributed by atoms with Gasteiger partial charge in [-0.1, -0.05) is 34.8 Å². The van der Waals surface area contributed by atoms with Gasteiger partial charge in [-0.15, -0.1) is 0 Å². The van der Waals surface area contributed by atoms with Crippen LogP contribution in [0.1, 0.15) is 17.9 Å². The highest BCUT2D eigenvalue weighted by Gasteiger charge is 2.35. The Labute approximate surface area is 190 Å². The molecule has 1 aromatic heterocycles. The average molecular weight is 479 g/mol. The Hall–Kier alpha value is -3.07. The van der Waals surface area contributed by atoms with Crippen molar-refractivity contribution in [2.75, 3.05) is 16.0 Å². The second-order valence-electron chi connectivity index (χ2n) is 6.73. The molecule has 0 spiro atoms. The van der Waals surface area contributed by atoms with Crippen LogP contribution in [-0.4, -0.2) is 21.8 Å². The molecule has 0 fully saturated rings. The Morgan fingerprint density at radius 2 is 1.74 bits per heavy atom. The van der Waals surface area contributed by atoms with Crippen LogP contribution >= 0.6 is 34.8 Å². The van der Waals surface area contributed by atoms with Gasteiger partial charge < -0.3 is 16.0 Å². The van der Waals surface area contributed by atoms with Gasteiger partial charge in [-0.05, 0) is 42.5 Å². The van der Waals surface area contributed by atoms with Crippen LogP contribution in [0.15, 0.2) is 47.3 Å². The van der Waals surface area contributed by atoms with Crippen LogP contribution in [0.25, 0.3) is 0 Å². The first-order chi connectivity index (χ1) is 14.8. The number of amides is 2. The Morgan fingerprint density at radius 3 is 2.45 bits per heavy atom. The van der Waals surface area contributed by atoms with Crippen LogP contribution in [0.5, 0.6) is 0 Å². The van der Waals surface area contributed by atoms with Gasteiger partial charge in [0.05, 0.1) is 22.2 Å². The average Bonchev–Trinajstić information content (AvgIpc) is 2.71. The number of aromatic nitrogens is 2. The number of rotatable bonds is 4. The quantitative estimate of drug-likeness (QED) is 0.439. The molecule has 2 aromatic carbocycles. The molecule has 0 aliphatic carbocycles. The summed E-state index contributed by atoms with van der Waals surface area (Å²) >= 11 is 17.8. The van der Waals surface area contributed by atoms with Crippen molar-refractivity contribution in [2.24, 2.45) is 0 Å². The van der Waals surface area contributed by atoms with Crippen molar-refractivity contribution in [2.45, 2.75) is 12.3 Å². The third-order valence-corrected chi connectivity index (χ3v) is 5.36. The minimum absolute atomic E-state index is 0.0128. The second kappa shape index (κ2) is 8.58. The molecule has 0 radical (unpaired) electrons. The number of benzene rings is 2. The van der Waals surface area contributed by atoms with Gasteiger partial charge in [0, 0.05) is 22.2 Å². The number of halogens is 3. The predicted molar refractivity (Wildman–Crippen MR) is 121 cm³/mol. The number of fused-ring (bicyclic) bond motifs is 1. The first-order valence-electron chi connectivity index (χ1n) is 9.03. The maximum atomic E-state index is 12.9. The van der Waals surface area contributed by atoms with Crippen molar-refractivity contribution in [3.63, 3.8) is 0 Å². The molecule has 1 aliphatic heterocycles. The van der Waals surface area contributed by atoms with Gasteiger partial charge in [-0.2, -0.15) is 4.98 Å². The van der Waals surface area contributed by atoms with Crippen molar-refractivity contribution in [1.29, 1.82) is 0 Å². The number of carbonyl (C=O) groups is 2. The topological polar surface area (TPSA) is 116 Å². The predicted octanol–water partition coefficient (Wildman–Crippen LogP) is 4.54. The number of hydrogen-bond donors (Lipinski definition) is 4. The lowest BCUT2D eigenvalue weighted by atomic mass is 9.92. The Balaban J connectivity index is 1.64. The minimum Gasteiger partial charge on any atom is -0.326 e. The van der Waals surface area contributed by atoms with Gasteiger partial charge in [0.2, 0.25) is 17.8 Å². The zero-order chi connectivity index (χ0) is 22.1. The Kier molecular flexibility index (Phi) is 5.86. The van der Waals surface area contributed by atoms with E-state index < -0.39 is 23.3 Å². The van der Waals surface area contributed by atoms with Gasteiger partial charge in [-0.25, -0.2) is 0 Å². The minimum atomic E-state index is -1.05. The van der Waals surface area contributed by atoms with E-state index in [4.69, 9.17) is 34.8 Å². The van der Waals surface area contributed by atoms with E-state index in [-0.39, 0.29) is 28.8 Å². The van der Waals surface area contributed by atoms with Crippen molar-refractivity contribution in [1.82, 2.24) is 9.97 Å². The highest BCUT2D eigenvalue weighted by Crippen LogP contribution is 2.32. The lowest BCUT2D eigenvalue weighted by Crippen LogP contribution is -2.36. The van der Waals surface area contributed by atoms with Crippen molar-refractivity contribution >= 4 is 69.8 Å². The zero-order valence-electron chi connectivity index (χ0n) is 15.6. The molecule has 1 aliphatic rings. The standard InChI is InChI=1S/C20H14Cl3N5O3/c21-9-1-4-11(5-2-9)24-20-27-17-16(19(31)28-20)12(8-15(29)26-17)18(30)25-14-6-3-10(22)7-13(14)23/h1-7,12H,8H2,(H,25,30)(H3,24,26,27,28,29,31). The van der Waals surface area contributed by atoms with Crippen LogP contribution in [0, 0.1) is 0 Å². The number of aromatic amines is 1. The van der Waals surface area contributed by atoms with Crippen LogP contribution in [0.2, 0.25) is 15.1 Å². The number of H-pyrrole nitrogens is 1. The molecule has 2 heterocycles. The molecule has 4 N–H and O–H groups in total. The summed E-state index contributed by atoms with van der Waals surface area (Å²) in [4.78, 5) is 44.7. The molecule has 0 saturated carbocycles. The molecule has 0 bridgehead atoms. The summed E-state index contributed by atoms with van der Waals surface area (Å²) in [6, 6.07) is 11.3. The molecule has 2 amide bonds. The third-order valence-electron chi connectivity index (χ3n) is 4.56. The lowest BCUT2D eigenvalue weighted by Gasteiger charge is -2.24. The number of hydrogen-bond acceptors (Lipinski definition) is 5. The van der Waals surface area contributed by atoms with E-state index in [1.165, 1.54) is 12.1 Å². The van der Waals surface area contributed by atoms with Gasteiger partial charge in [-0.3, -0.25) is 19.4 Å². The first kappa shape index (κ1) is 21.2. The van der Waals surface area contributed by atoms with Crippen molar-refractivity contribution in [3.8, 4) is 0 Å². The first-order valence-corrected chi connectivity index (χ1v) is 10.2. The highest BCUT2D eigenvalue weighted by molar-refractivity contribution is 6.36. The van der Waals surface area contributed by atoms with Crippen LogP contribution in [-0.2, 0) is 9.59 Å². The largest absolute Gasteiger partial charge is 0.326 e. The van der Waals surface area contributed by atoms with Gasteiger partial charge in [0.1, 0.15) is 5.82 Å². The van der Waals surface area contributed by atoms with Gasteiger partial charge in [0.15, 0.2) is 0 Å². The van der Waals surface area contributed by atoms with Crippen molar-refractivity contribution < 1.29 is 9.59 Å². The van der Waals surface area contributed by atoms with E-state index in [2.05, 4.69) is 25.9 Å². The second-order valence-corrected chi connectivity index (χ2v) is 8.01. The normalized spacial score (nSPS) is 15.1. The van der Waals surface area contributed by atoms with E-state index in [0.717, 1.165) is 0 Å². The molecule has 158 valence electrons. The number of carbonyl (C=O) groups excluding carboxylic acids is 2. The zero-order valence-corrected chi connectivity index (χ0v) is 17.9. The SMILES string of the molecule is O=C1CC(C(=O)Nc2ccc(Cl)cc2Cl)c2c(nc(Nc3ccc(Cl)cc3)[nH]c2=O)N1. The molecular weight excluding hydrogens is 465 g/mol. The number of nitrogens with one attached hydrogen (secondary N) is 4. The van der Waals surface area contributed by atoms with E-state index in [9.17, 15) is 14.4 Å². The van der Waals surface area contributed by atoms with E-state index in [1.54, 1.807) is 30.3 Å². The van der Waals surface area contributed by atoms with Gasteiger partial charge >= 0.3 is 0 Å². The molecule has 1 atom stereocenters. The molecule has 1 unspecified atom stereocenters. The maximum absolute atomic E-state index is 12.9. The van der Waals surface area contributed by atoms with E-state index >= 15 is 0 Å². The molecule has 11 heteroatoms. The third kappa shape index (κ3) is 4.66. The van der Waals surface area contributed by atoms with Crippen LogP contribution in [0.4, 0.5) is 23.1 Å².